The molecule has 0 unspecified atom stereocenters. The molecule has 0 atom stereocenters. The molecule has 0 radical (unpaired) electrons. The Morgan fingerprint density at radius 2 is 2.00 bits per heavy atom. The van der Waals surface area contributed by atoms with E-state index in [0.29, 0.717) is 32.2 Å². The van der Waals surface area contributed by atoms with E-state index < -0.39 is 0 Å². The standard InChI is InChI=1S/C15H8BrClN2O2/c16-13-4-2-11(5-9(13)7-20)21-15-12-3-1-10(17)6-14(12)18-8-19-15/h1-8H. The van der Waals surface area contributed by atoms with Gasteiger partial charge in [0.05, 0.1) is 10.9 Å². The molecule has 0 aliphatic rings. The molecule has 21 heavy (non-hydrogen) atoms. The second-order valence-corrected chi connectivity index (χ2v) is 5.53. The van der Waals surface area contributed by atoms with Crippen molar-refractivity contribution in [3.63, 3.8) is 0 Å². The van der Waals surface area contributed by atoms with Gasteiger partial charge in [-0.1, -0.05) is 27.5 Å². The van der Waals surface area contributed by atoms with E-state index in [4.69, 9.17) is 16.3 Å². The van der Waals surface area contributed by atoms with Crippen LogP contribution in [0.5, 0.6) is 11.6 Å². The molecular formula is C15H8BrClN2O2. The molecule has 4 nitrogen and oxygen atoms in total. The molecule has 2 aromatic carbocycles. The summed E-state index contributed by atoms with van der Waals surface area (Å²) in [6, 6.07) is 10.4. The van der Waals surface area contributed by atoms with Gasteiger partial charge in [-0.3, -0.25) is 4.79 Å². The molecule has 1 aromatic heterocycles. The molecule has 0 spiro atoms. The first-order chi connectivity index (χ1) is 10.2. The first-order valence-corrected chi connectivity index (χ1v) is 7.17. The van der Waals surface area contributed by atoms with Gasteiger partial charge in [0.2, 0.25) is 5.88 Å². The predicted octanol–water partition coefficient (Wildman–Crippen LogP) is 4.65. The second kappa shape index (κ2) is 5.79. The minimum Gasteiger partial charge on any atom is -0.438 e. The zero-order chi connectivity index (χ0) is 14.8. The van der Waals surface area contributed by atoms with E-state index in [-0.39, 0.29) is 0 Å². The highest BCUT2D eigenvalue weighted by atomic mass is 79.9. The van der Waals surface area contributed by atoms with Crippen molar-refractivity contribution in [1.29, 1.82) is 0 Å². The van der Waals surface area contributed by atoms with Crippen molar-refractivity contribution >= 4 is 44.7 Å². The van der Waals surface area contributed by atoms with Crippen molar-refractivity contribution in [2.45, 2.75) is 0 Å². The van der Waals surface area contributed by atoms with Gasteiger partial charge in [0.1, 0.15) is 12.1 Å². The van der Waals surface area contributed by atoms with Gasteiger partial charge in [-0.25, -0.2) is 9.97 Å². The normalized spacial score (nSPS) is 10.6. The molecule has 1 heterocycles. The van der Waals surface area contributed by atoms with Crippen LogP contribution >= 0.6 is 27.5 Å². The lowest BCUT2D eigenvalue weighted by atomic mass is 10.2. The van der Waals surface area contributed by atoms with Crippen LogP contribution in [0.2, 0.25) is 5.02 Å². The van der Waals surface area contributed by atoms with Crippen LogP contribution in [0.1, 0.15) is 10.4 Å². The summed E-state index contributed by atoms with van der Waals surface area (Å²) in [5.74, 6) is 0.936. The maximum absolute atomic E-state index is 11.0. The van der Waals surface area contributed by atoms with Gasteiger partial charge >= 0.3 is 0 Å². The van der Waals surface area contributed by atoms with Gasteiger partial charge in [0, 0.05) is 15.1 Å². The number of hydrogen-bond donors (Lipinski definition) is 0. The highest BCUT2D eigenvalue weighted by Crippen LogP contribution is 2.29. The summed E-state index contributed by atoms with van der Waals surface area (Å²) in [4.78, 5) is 19.2. The van der Waals surface area contributed by atoms with Gasteiger partial charge in [0.15, 0.2) is 6.29 Å². The molecule has 0 aliphatic carbocycles. The van der Waals surface area contributed by atoms with Gasteiger partial charge < -0.3 is 4.74 Å². The lowest BCUT2D eigenvalue weighted by Gasteiger charge is -2.08. The maximum Gasteiger partial charge on any atom is 0.230 e. The van der Waals surface area contributed by atoms with E-state index >= 15 is 0 Å². The predicted molar refractivity (Wildman–Crippen MR) is 84.2 cm³/mol. The van der Waals surface area contributed by atoms with E-state index in [1.54, 1.807) is 36.4 Å². The molecule has 0 saturated carbocycles. The summed E-state index contributed by atoms with van der Waals surface area (Å²) in [6.45, 7) is 0. The molecule has 0 bridgehead atoms. The van der Waals surface area contributed by atoms with Crippen molar-refractivity contribution in [1.82, 2.24) is 9.97 Å². The van der Waals surface area contributed by atoms with Crippen LogP contribution in [0.3, 0.4) is 0 Å². The van der Waals surface area contributed by atoms with Crippen LogP contribution in [0.25, 0.3) is 10.9 Å². The Morgan fingerprint density at radius 1 is 1.14 bits per heavy atom. The Balaban J connectivity index is 2.04. The topological polar surface area (TPSA) is 52.1 Å². The third-order valence-electron chi connectivity index (χ3n) is 2.87. The minimum atomic E-state index is 0.413. The van der Waals surface area contributed by atoms with Gasteiger partial charge in [-0.2, -0.15) is 0 Å². The molecule has 6 heteroatoms. The van der Waals surface area contributed by atoms with E-state index in [1.165, 1.54) is 6.33 Å². The monoisotopic (exact) mass is 362 g/mol. The summed E-state index contributed by atoms with van der Waals surface area (Å²) in [5, 5.41) is 1.34. The summed E-state index contributed by atoms with van der Waals surface area (Å²) < 4.78 is 6.47. The van der Waals surface area contributed by atoms with E-state index in [1.807, 2.05) is 0 Å². The Hall–Kier alpha value is -1.98. The summed E-state index contributed by atoms with van der Waals surface area (Å²) in [5.41, 5.74) is 1.20. The van der Waals surface area contributed by atoms with E-state index in [2.05, 4.69) is 25.9 Å². The number of aromatic nitrogens is 2. The van der Waals surface area contributed by atoms with Gasteiger partial charge in [-0.05, 0) is 36.4 Å². The van der Waals surface area contributed by atoms with Crippen LogP contribution in [-0.2, 0) is 0 Å². The number of nitrogens with zero attached hydrogens (tertiary/aromatic N) is 2. The van der Waals surface area contributed by atoms with E-state index in [9.17, 15) is 4.79 Å². The summed E-state index contributed by atoms with van der Waals surface area (Å²) in [6.07, 6.45) is 2.17. The highest BCUT2D eigenvalue weighted by molar-refractivity contribution is 9.10. The first-order valence-electron chi connectivity index (χ1n) is 6.00. The summed E-state index contributed by atoms with van der Waals surface area (Å²) >= 11 is 9.24. The average Bonchev–Trinajstić information content (AvgIpc) is 2.49. The fourth-order valence-electron chi connectivity index (χ4n) is 1.87. The highest BCUT2D eigenvalue weighted by Gasteiger charge is 2.08. The first kappa shape index (κ1) is 14.0. The van der Waals surface area contributed by atoms with Crippen molar-refractivity contribution in [2.75, 3.05) is 0 Å². The van der Waals surface area contributed by atoms with Crippen molar-refractivity contribution in [3.8, 4) is 11.6 Å². The van der Waals surface area contributed by atoms with Crippen LogP contribution in [0.4, 0.5) is 0 Å². The zero-order valence-corrected chi connectivity index (χ0v) is 12.9. The molecular weight excluding hydrogens is 356 g/mol. The zero-order valence-electron chi connectivity index (χ0n) is 10.6. The molecule has 0 aliphatic heterocycles. The third kappa shape index (κ3) is 2.89. The number of benzene rings is 2. The van der Waals surface area contributed by atoms with Crippen molar-refractivity contribution in [2.24, 2.45) is 0 Å². The van der Waals surface area contributed by atoms with Crippen LogP contribution in [0.15, 0.2) is 47.2 Å². The largest absolute Gasteiger partial charge is 0.438 e. The molecule has 3 rings (SSSR count). The lowest BCUT2D eigenvalue weighted by Crippen LogP contribution is -1.92. The maximum atomic E-state index is 11.0. The Morgan fingerprint density at radius 3 is 2.81 bits per heavy atom. The van der Waals surface area contributed by atoms with E-state index in [0.717, 1.165) is 11.7 Å². The van der Waals surface area contributed by atoms with Crippen LogP contribution < -0.4 is 4.74 Å². The van der Waals surface area contributed by atoms with Crippen LogP contribution in [-0.4, -0.2) is 16.3 Å². The second-order valence-electron chi connectivity index (χ2n) is 4.24. The van der Waals surface area contributed by atoms with Gasteiger partial charge in [0.25, 0.3) is 0 Å². The SMILES string of the molecule is O=Cc1cc(Oc2ncnc3cc(Cl)ccc23)ccc1Br. The Kier molecular flexibility index (Phi) is 3.86. The molecule has 3 aromatic rings. The number of ether oxygens (including phenoxy) is 1. The Bertz CT molecular complexity index is 839. The molecule has 0 N–H and O–H groups in total. The number of fused-ring (bicyclic) bond motifs is 1. The molecule has 0 saturated heterocycles. The minimum absolute atomic E-state index is 0.413. The number of carbonyl (C=O) groups excluding carboxylic acids is 1. The fraction of sp³-hybridized carbons (Fsp3) is 0. The average molecular weight is 364 g/mol. The molecule has 104 valence electrons. The Labute approximate surface area is 133 Å². The number of hydrogen-bond acceptors (Lipinski definition) is 4. The number of rotatable bonds is 3. The van der Waals surface area contributed by atoms with Crippen molar-refractivity contribution in [3.05, 3.63) is 57.8 Å². The number of carbonyl (C=O) groups is 1. The van der Waals surface area contributed by atoms with Gasteiger partial charge in [-0.15, -0.1) is 0 Å². The third-order valence-corrected chi connectivity index (χ3v) is 3.83. The van der Waals surface area contributed by atoms with Crippen molar-refractivity contribution < 1.29 is 9.53 Å². The molecule has 0 amide bonds. The number of halogens is 2. The quantitative estimate of drug-likeness (QED) is 0.636. The fourth-order valence-corrected chi connectivity index (χ4v) is 2.38. The smallest absolute Gasteiger partial charge is 0.230 e. The summed E-state index contributed by atoms with van der Waals surface area (Å²) in [7, 11) is 0. The molecule has 0 fully saturated rings. The number of aldehydes is 1. The lowest BCUT2D eigenvalue weighted by molar-refractivity contribution is 0.112. The van der Waals surface area contributed by atoms with Crippen LogP contribution in [0, 0.1) is 0 Å².